The van der Waals surface area contributed by atoms with Gasteiger partial charge in [-0.1, -0.05) is 13.8 Å². The van der Waals surface area contributed by atoms with E-state index in [-0.39, 0.29) is 30.1 Å². The number of ether oxygens (including phenoxy) is 1. The molecule has 1 aromatic carbocycles. The molecule has 1 fully saturated rings. The van der Waals surface area contributed by atoms with Gasteiger partial charge < -0.3 is 15.0 Å². The average Bonchev–Trinajstić information content (AvgIpc) is 2.90. The van der Waals surface area contributed by atoms with Gasteiger partial charge in [0.1, 0.15) is 0 Å². The molecule has 0 bridgehead atoms. The second kappa shape index (κ2) is 7.26. The lowest BCUT2D eigenvalue weighted by molar-refractivity contribution is -0.147. The van der Waals surface area contributed by atoms with Gasteiger partial charge in [0.25, 0.3) is 0 Å². The molecule has 0 saturated carbocycles. The van der Waals surface area contributed by atoms with Crippen LogP contribution in [0.15, 0.2) is 24.3 Å². The van der Waals surface area contributed by atoms with Crippen molar-refractivity contribution in [3.8, 4) is 0 Å². The highest BCUT2D eigenvalue weighted by molar-refractivity contribution is 5.99. The summed E-state index contributed by atoms with van der Waals surface area (Å²) < 4.78 is 4.98. The number of anilines is 2. The number of amides is 2. The van der Waals surface area contributed by atoms with Gasteiger partial charge >= 0.3 is 5.97 Å². The Kier molecular flexibility index (Phi) is 5.36. The van der Waals surface area contributed by atoms with Crippen LogP contribution in [-0.4, -0.2) is 30.9 Å². The van der Waals surface area contributed by atoms with E-state index in [4.69, 9.17) is 4.74 Å². The first-order valence-electron chi connectivity index (χ1n) is 7.80. The van der Waals surface area contributed by atoms with E-state index in [1.807, 2.05) is 13.8 Å². The highest BCUT2D eigenvalue weighted by Gasteiger charge is 2.35. The van der Waals surface area contributed by atoms with Gasteiger partial charge in [0, 0.05) is 30.3 Å². The van der Waals surface area contributed by atoms with Crippen LogP contribution in [-0.2, 0) is 19.1 Å². The number of benzene rings is 1. The molecule has 0 unspecified atom stereocenters. The second-order valence-electron chi connectivity index (χ2n) is 5.85. The number of hydrogen-bond acceptors (Lipinski definition) is 4. The normalized spacial score (nSPS) is 17.5. The fraction of sp³-hybridized carbons (Fsp3) is 0.471. The number of esters is 1. The molecule has 1 atom stereocenters. The zero-order valence-electron chi connectivity index (χ0n) is 13.7. The van der Waals surface area contributed by atoms with Crippen LogP contribution >= 0.6 is 0 Å². The maximum atomic E-state index is 12.1. The molecule has 0 spiro atoms. The largest absolute Gasteiger partial charge is 0.466 e. The van der Waals surface area contributed by atoms with Gasteiger partial charge in [-0.15, -0.1) is 0 Å². The van der Waals surface area contributed by atoms with E-state index in [0.29, 0.717) is 24.5 Å². The molecule has 0 radical (unpaired) electrons. The number of hydrogen-bond donors (Lipinski definition) is 1. The van der Waals surface area contributed by atoms with Crippen molar-refractivity contribution in [1.82, 2.24) is 0 Å². The van der Waals surface area contributed by atoms with E-state index >= 15 is 0 Å². The molecule has 0 aliphatic carbocycles. The second-order valence-corrected chi connectivity index (χ2v) is 5.85. The van der Waals surface area contributed by atoms with Gasteiger partial charge in [0.15, 0.2) is 0 Å². The van der Waals surface area contributed by atoms with Crippen molar-refractivity contribution < 1.29 is 19.1 Å². The molecule has 1 saturated heterocycles. The van der Waals surface area contributed by atoms with Crippen LogP contribution in [0.4, 0.5) is 11.4 Å². The number of carbonyl (C=O) groups is 3. The Balaban J connectivity index is 2.03. The molecule has 2 amide bonds. The number of nitrogens with one attached hydrogen (secondary N) is 1. The molecule has 2 rings (SSSR count). The van der Waals surface area contributed by atoms with E-state index in [1.165, 1.54) is 0 Å². The summed E-state index contributed by atoms with van der Waals surface area (Å²) in [6.45, 7) is 6.03. The number of nitrogens with zero attached hydrogens (tertiary/aromatic N) is 1. The molecule has 124 valence electrons. The maximum Gasteiger partial charge on any atom is 0.311 e. The lowest BCUT2D eigenvalue weighted by Crippen LogP contribution is -2.26. The van der Waals surface area contributed by atoms with Crippen molar-refractivity contribution in [2.45, 2.75) is 27.2 Å². The predicted molar refractivity (Wildman–Crippen MR) is 87.0 cm³/mol. The summed E-state index contributed by atoms with van der Waals surface area (Å²) >= 11 is 0. The van der Waals surface area contributed by atoms with Crippen LogP contribution in [0.3, 0.4) is 0 Å². The first-order chi connectivity index (χ1) is 10.9. The van der Waals surface area contributed by atoms with Crippen LogP contribution < -0.4 is 10.2 Å². The van der Waals surface area contributed by atoms with E-state index in [2.05, 4.69) is 5.32 Å². The Morgan fingerprint density at radius 3 is 2.52 bits per heavy atom. The fourth-order valence-corrected chi connectivity index (χ4v) is 2.39. The molecule has 6 heteroatoms. The highest BCUT2D eigenvalue weighted by Crippen LogP contribution is 2.27. The van der Waals surface area contributed by atoms with Gasteiger partial charge in [-0.25, -0.2) is 0 Å². The van der Waals surface area contributed by atoms with Crippen molar-refractivity contribution >= 4 is 29.2 Å². The summed E-state index contributed by atoms with van der Waals surface area (Å²) in [7, 11) is 0. The molecule has 1 aliphatic rings. The molecule has 6 nitrogen and oxygen atoms in total. The minimum Gasteiger partial charge on any atom is -0.466 e. The Bertz CT molecular complexity index is 595. The topological polar surface area (TPSA) is 75.7 Å². The van der Waals surface area contributed by atoms with Gasteiger partial charge in [0.05, 0.1) is 12.5 Å². The zero-order chi connectivity index (χ0) is 17.0. The Morgan fingerprint density at radius 1 is 1.30 bits per heavy atom. The Morgan fingerprint density at radius 2 is 1.96 bits per heavy atom. The number of rotatable bonds is 5. The monoisotopic (exact) mass is 318 g/mol. The van der Waals surface area contributed by atoms with Crippen LogP contribution in [0.1, 0.15) is 27.2 Å². The molecule has 1 aromatic rings. The molecule has 1 N–H and O–H groups in total. The zero-order valence-corrected chi connectivity index (χ0v) is 13.7. The van der Waals surface area contributed by atoms with Crippen molar-refractivity contribution in [1.29, 1.82) is 0 Å². The lowest BCUT2D eigenvalue weighted by atomic mass is 10.1. The molecular weight excluding hydrogens is 296 g/mol. The molecule has 23 heavy (non-hydrogen) atoms. The van der Waals surface area contributed by atoms with E-state index in [0.717, 1.165) is 0 Å². The van der Waals surface area contributed by atoms with Crippen LogP contribution in [0.2, 0.25) is 0 Å². The smallest absolute Gasteiger partial charge is 0.311 e. The maximum absolute atomic E-state index is 12.1. The SMILES string of the molecule is CCOC(=O)[C@@H]1CC(=O)N(c2ccc(NC(=O)C(C)C)cc2)C1. The summed E-state index contributed by atoms with van der Waals surface area (Å²) in [5.74, 6) is -0.994. The minimum absolute atomic E-state index is 0.0580. The number of carbonyl (C=O) groups excluding carboxylic acids is 3. The van der Waals surface area contributed by atoms with Crippen molar-refractivity contribution in [2.75, 3.05) is 23.4 Å². The van der Waals surface area contributed by atoms with E-state index in [1.54, 1.807) is 36.1 Å². The summed E-state index contributed by atoms with van der Waals surface area (Å²) in [6.07, 6.45) is 0.171. The third-order valence-electron chi connectivity index (χ3n) is 3.72. The third kappa shape index (κ3) is 4.09. The summed E-state index contributed by atoms with van der Waals surface area (Å²) in [5.41, 5.74) is 1.39. The minimum atomic E-state index is -0.414. The van der Waals surface area contributed by atoms with Gasteiger partial charge in [0.2, 0.25) is 11.8 Å². The lowest BCUT2D eigenvalue weighted by Gasteiger charge is -2.17. The Hall–Kier alpha value is -2.37. The fourth-order valence-electron chi connectivity index (χ4n) is 2.39. The van der Waals surface area contributed by atoms with Gasteiger partial charge in [-0.2, -0.15) is 0 Å². The summed E-state index contributed by atoms with van der Waals surface area (Å²) in [6, 6.07) is 7.03. The first-order valence-corrected chi connectivity index (χ1v) is 7.80. The highest BCUT2D eigenvalue weighted by atomic mass is 16.5. The average molecular weight is 318 g/mol. The predicted octanol–water partition coefficient (Wildman–Crippen LogP) is 2.20. The molecule has 1 heterocycles. The third-order valence-corrected chi connectivity index (χ3v) is 3.72. The molecule has 1 aliphatic heterocycles. The van der Waals surface area contributed by atoms with Crippen LogP contribution in [0.25, 0.3) is 0 Å². The van der Waals surface area contributed by atoms with Crippen LogP contribution in [0, 0.1) is 11.8 Å². The van der Waals surface area contributed by atoms with Gasteiger partial charge in [-0.3, -0.25) is 14.4 Å². The van der Waals surface area contributed by atoms with Crippen molar-refractivity contribution in [2.24, 2.45) is 11.8 Å². The van der Waals surface area contributed by atoms with Crippen LogP contribution in [0.5, 0.6) is 0 Å². The first kappa shape index (κ1) is 17.0. The standard InChI is InChI=1S/C17H22N2O4/c1-4-23-17(22)12-9-15(20)19(10-12)14-7-5-13(6-8-14)18-16(21)11(2)3/h5-8,11-12H,4,9-10H2,1-3H3,(H,18,21)/t12-/m1/s1. The molecule has 0 aromatic heterocycles. The van der Waals surface area contributed by atoms with E-state index in [9.17, 15) is 14.4 Å². The van der Waals surface area contributed by atoms with Crippen molar-refractivity contribution in [3.05, 3.63) is 24.3 Å². The van der Waals surface area contributed by atoms with Gasteiger partial charge in [-0.05, 0) is 31.2 Å². The Labute approximate surface area is 135 Å². The summed E-state index contributed by atoms with van der Waals surface area (Å²) in [5, 5.41) is 2.80. The summed E-state index contributed by atoms with van der Waals surface area (Å²) in [4.78, 5) is 37.1. The van der Waals surface area contributed by atoms with Crippen molar-refractivity contribution in [3.63, 3.8) is 0 Å². The van der Waals surface area contributed by atoms with E-state index < -0.39 is 5.92 Å². The quantitative estimate of drug-likeness (QED) is 0.845. The molecular formula is C17H22N2O4.